The van der Waals surface area contributed by atoms with Crippen LogP contribution >= 0.6 is 11.6 Å². The molecule has 1 atom stereocenters. The zero-order chi connectivity index (χ0) is 14.6. The number of hydrogen-bond acceptors (Lipinski definition) is 2. The molecule has 0 spiro atoms. The highest BCUT2D eigenvalue weighted by Gasteiger charge is 2.33. The Hall–Kier alpha value is -1.30. The molecular weight excluding hydrogens is 283 g/mol. The quantitative estimate of drug-likeness (QED) is 0.454. The van der Waals surface area contributed by atoms with Gasteiger partial charge in [-0.2, -0.15) is 13.2 Å². The minimum atomic E-state index is -4.59. The van der Waals surface area contributed by atoms with Gasteiger partial charge in [-0.3, -0.25) is 10.1 Å². The number of alkyl halides is 4. The molecule has 1 rings (SSSR count). The highest BCUT2D eigenvalue weighted by molar-refractivity contribution is 6.20. The van der Waals surface area contributed by atoms with E-state index in [0.717, 1.165) is 18.6 Å². The summed E-state index contributed by atoms with van der Waals surface area (Å²) in [6, 6.07) is 2.54. The smallest absolute Gasteiger partial charge is 0.258 e. The van der Waals surface area contributed by atoms with Crippen LogP contribution in [0.3, 0.4) is 0 Å². The molecule has 1 unspecified atom stereocenters. The van der Waals surface area contributed by atoms with Crippen LogP contribution in [-0.4, -0.2) is 10.3 Å². The van der Waals surface area contributed by atoms with Crippen molar-refractivity contribution in [2.24, 2.45) is 0 Å². The van der Waals surface area contributed by atoms with Crippen molar-refractivity contribution in [3.63, 3.8) is 0 Å². The Bertz CT molecular complexity index is 463. The summed E-state index contributed by atoms with van der Waals surface area (Å²) in [6.45, 7) is 1.91. The van der Waals surface area contributed by atoms with Crippen molar-refractivity contribution in [2.75, 3.05) is 0 Å². The molecule has 0 aromatic heterocycles. The maximum atomic E-state index is 12.5. The fraction of sp³-hybridized carbons (Fsp3) is 0.500. The van der Waals surface area contributed by atoms with E-state index < -0.39 is 22.4 Å². The van der Waals surface area contributed by atoms with Gasteiger partial charge >= 0.3 is 6.18 Å². The summed E-state index contributed by atoms with van der Waals surface area (Å²) in [5.74, 6) is 0. The van der Waals surface area contributed by atoms with Gasteiger partial charge in [0, 0.05) is 17.0 Å². The Balaban J connectivity index is 3.09. The third-order valence-corrected chi connectivity index (χ3v) is 3.03. The van der Waals surface area contributed by atoms with Crippen molar-refractivity contribution in [3.05, 3.63) is 39.4 Å². The highest BCUT2D eigenvalue weighted by Crippen LogP contribution is 2.33. The lowest BCUT2D eigenvalue weighted by Crippen LogP contribution is -2.09. The number of rotatable bonds is 5. The largest absolute Gasteiger partial charge is 0.416 e. The predicted molar refractivity (Wildman–Crippen MR) is 66.4 cm³/mol. The van der Waals surface area contributed by atoms with Gasteiger partial charge in [-0.15, -0.1) is 11.6 Å². The molecule has 106 valence electrons. The van der Waals surface area contributed by atoms with Crippen LogP contribution in [0.1, 0.15) is 30.9 Å². The second kappa shape index (κ2) is 6.23. The molecule has 0 heterocycles. The van der Waals surface area contributed by atoms with Crippen LogP contribution in [0.5, 0.6) is 0 Å². The van der Waals surface area contributed by atoms with E-state index in [9.17, 15) is 23.3 Å². The fourth-order valence-electron chi connectivity index (χ4n) is 1.74. The molecule has 0 aliphatic carbocycles. The zero-order valence-electron chi connectivity index (χ0n) is 10.2. The topological polar surface area (TPSA) is 43.1 Å². The average Bonchev–Trinajstić information content (AvgIpc) is 2.27. The summed E-state index contributed by atoms with van der Waals surface area (Å²) >= 11 is 5.98. The maximum absolute atomic E-state index is 12.5. The minimum absolute atomic E-state index is 0.184. The Morgan fingerprint density at radius 3 is 2.53 bits per heavy atom. The number of halogens is 4. The third-order valence-electron chi connectivity index (χ3n) is 2.65. The first-order valence-corrected chi connectivity index (χ1v) is 6.18. The summed E-state index contributed by atoms with van der Waals surface area (Å²) in [5.41, 5.74) is -1.33. The predicted octanol–water partition coefficient (Wildman–Crippen LogP) is 4.56. The van der Waals surface area contributed by atoms with E-state index >= 15 is 0 Å². The summed E-state index contributed by atoms with van der Waals surface area (Å²) in [5, 5.41) is 10.5. The average molecular weight is 296 g/mol. The minimum Gasteiger partial charge on any atom is -0.258 e. The molecule has 0 aliphatic heterocycles. The van der Waals surface area contributed by atoms with Crippen molar-refractivity contribution < 1.29 is 18.1 Å². The van der Waals surface area contributed by atoms with Crippen molar-refractivity contribution in [2.45, 2.75) is 37.7 Å². The van der Waals surface area contributed by atoms with Gasteiger partial charge in [0.1, 0.15) is 0 Å². The molecule has 1 aromatic carbocycles. The summed E-state index contributed by atoms with van der Waals surface area (Å²) < 4.78 is 37.5. The summed E-state index contributed by atoms with van der Waals surface area (Å²) in [6.07, 6.45) is -2.95. The van der Waals surface area contributed by atoms with E-state index in [2.05, 4.69) is 0 Å². The SMILES string of the molecule is CCCC(Cl)Cc1ccc(C(F)(F)F)cc1[N+](=O)[O-]. The summed E-state index contributed by atoms with van der Waals surface area (Å²) in [4.78, 5) is 10.0. The van der Waals surface area contributed by atoms with Gasteiger partial charge in [0.25, 0.3) is 5.69 Å². The number of nitro groups is 1. The van der Waals surface area contributed by atoms with Gasteiger partial charge in [-0.1, -0.05) is 19.4 Å². The third kappa shape index (κ3) is 4.38. The lowest BCUT2D eigenvalue weighted by atomic mass is 10.0. The lowest BCUT2D eigenvalue weighted by Gasteiger charge is -2.11. The lowest BCUT2D eigenvalue weighted by molar-refractivity contribution is -0.385. The monoisotopic (exact) mass is 295 g/mol. The van der Waals surface area contributed by atoms with Gasteiger partial charge in [-0.25, -0.2) is 0 Å². The molecule has 7 heteroatoms. The molecule has 1 aromatic rings. The molecular formula is C12H13ClF3NO2. The Kier molecular flexibility index (Phi) is 5.17. The van der Waals surface area contributed by atoms with Crippen molar-refractivity contribution in [3.8, 4) is 0 Å². The molecule has 0 fully saturated rings. The first-order chi connectivity index (χ1) is 8.75. The first kappa shape index (κ1) is 15.8. The van der Waals surface area contributed by atoms with Crippen LogP contribution in [0.2, 0.25) is 0 Å². The fourth-order valence-corrected chi connectivity index (χ4v) is 2.12. The van der Waals surface area contributed by atoms with Crippen LogP contribution < -0.4 is 0 Å². The molecule has 0 aliphatic rings. The molecule has 0 radical (unpaired) electrons. The molecule has 0 N–H and O–H groups in total. The van der Waals surface area contributed by atoms with Gasteiger partial charge in [0.15, 0.2) is 0 Å². The van der Waals surface area contributed by atoms with Crippen molar-refractivity contribution in [1.29, 1.82) is 0 Å². The van der Waals surface area contributed by atoms with E-state index in [1.54, 1.807) is 0 Å². The number of hydrogen-bond donors (Lipinski definition) is 0. The van der Waals surface area contributed by atoms with E-state index in [-0.39, 0.29) is 17.4 Å². The molecule has 19 heavy (non-hydrogen) atoms. The summed E-state index contributed by atoms with van der Waals surface area (Å²) in [7, 11) is 0. The van der Waals surface area contributed by atoms with Crippen molar-refractivity contribution >= 4 is 17.3 Å². The van der Waals surface area contributed by atoms with Gasteiger partial charge in [0.05, 0.1) is 10.5 Å². The molecule has 0 saturated heterocycles. The van der Waals surface area contributed by atoms with Gasteiger partial charge < -0.3 is 0 Å². The Morgan fingerprint density at radius 1 is 1.42 bits per heavy atom. The molecule has 0 amide bonds. The van der Waals surface area contributed by atoms with E-state index in [1.807, 2.05) is 6.92 Å². The second-order valence-electron chi connectivity index (χ2n) is 4.19. The Labute approximate surface area is 113 Å². The number of nitrogens with zero attached hydrogens (tertiary/aromatic N) is 1. The zero-order valence-corrected chi connectivity index (χ0v) is 11.0. The van der Waals surface area contributed by atoms with E-state index in [0.29, 0.717) is 12.5 Å². The van der Waals surface area contributed by atoms with Crippen LogP contribution in [0.15, 0.2) is 18.2 Å². The van der Waals surface area contributed by atoms with Crippen LogP contribution in [0.4, 0.5) is 18.9 Å². The first-order valence-electron chi connectivity index (χ1n) is 5.74. The highest BCUT2D eigenvalue weighted by atomic mass is 35.5. The molecule has 3 nitrogen and oxygen atoms in total. The Morgan fingerprint density at radius 2 is 2.05 bits per heavy atom. The van der Waals surface area contributed by atoms with Gasteiger partial charge in [0.2, 0.25) is 0 Å². The van der Waals surface area contributed by atoms with Crippen LogP contribution in [-0.2, 0) is 12.6 Å². The number of nitro benzene ring substituents is 1. The van der Waals surface area contributed by atoms with E-state index in [1.165, 1.54) is 0 Å². The maximum Gasteiger partial charge on any atom is 0.416 e. The molecule has 0 saturated carbocycles. The molecule has 0 bridgehead atoms. The standard InChI is InChI=1S/C12H13ClF3NO2/c1-2-3-10(13)6-8-4-5-9(12(14,15)16)7-11(8)17(18)19/h4-5,7,10H,2-3,6H2,1H3. The van der Waals surface area contributed by atoms with Crippen LogP contribution in [0.25, 0.3) is 0 Å². The van der Waals surface area contributed by atoms with Crippen LogP contribution in [0, 0.1) is 10.1 Å². The van der Waals surface area contributed by atoms with E-state index in [4.69, 9.17) is 11.6 Å². The van der Waals surface area contributed by atoms with Crippen molar-refractivity contribution in [1.82, 2.24) is 0 Å². The second-order valence-corrected chi connectivity index (χ2v) is 4.81. The normalized spacial score (nSPS) is 13.3. The van der Waals surface area contributed by atoms with Gasteiger partial charge in [-0.05, 0) is 18.9 Å². The number of benzene rings is 1.